The van der Waals surface area contributed by atoms with Crippen LogP contribution in [0.25, 0.3) is 5.69 Å². The average Bonchev–Trinajstić information content (AvgIpc) is 2.77. The number of aromatic nitrogens is 2. The van der Waals surface area contributed by atoms with Crippen LogP contribution >= 0.6 is 0 Å². The van der Waals surface area contributed by atoms with Crippen molar-refractivity contribution in [2.75, 3.05) is 11.9 Å². The molecule has 1 aromatic carbocycles. The van der Waals surface area contributed by atoms with E-state index in [2.05, 4.69) is 10.4 Å². The summed E-state index contributed by atoms with van der Waals surface area (Å²) in [6.45, 7) is 4.06. The van der Waals surface area contributed by atoms with Gasteiger partial charge in [-0.3, -0.25) is 5.32 Å². The standard InChI is InChI=1S/C13H15N3O2/c1-3-18-13(17)14-11-4-6-12(7-5-11)16-9-8-10(2)15-16/h4-9H,3H2,1-2H3,(H,14,17). The molecule has 0 fully saturated rings. The van der Waals surface area contributed by atoms with Crippen LogP contribution in [0.3, 0.4) is 0 Å². The van der Waals surface area contributed by atoms with E-state index in [1.165, 1.54) is 0 Å². The second kappa shape index (κ2) is 5.35. The Morgan fingerprint density at radius 2 is 2.06 bits per heavy atom. The molecule has 1 N–H and O–H groups in total. The number of ether oxygens (including phenoxy) is 1. The lowest BCUT2D eigenvalue weighted by atomic mass is 10.3. The number of carbonyl (C=O) groups is 1. The lowest BCUT2D eigenvalue weighted by molar-refractivity contribution is 0.168. The van der Waals surface area contributed by atoms with Crippen LogP contribution in [0.5, 0.6) is 0 Å². The molecule has 18 heavy (non-hydrogen) atoms. The molecule has 0 atom stereocenters. The molecule has 0 bridgehead atoms. The van der Waals surface area contributed by atoms with E-state index in [9.17, 15) is 4.79 Å². The molecule has 2 aromatic rings. The predicted molar refractivity (Wildman–Crippen MR) is 68.9 cm³/mol. The molecular weight excluding hydrogens is 230 g/mol. The molecule has 0 aliphatic rings. The topological polar surface area (TPSA) is 56.1 Å². The Labute approximate surface area is 105 Å². The second-order valence-corrected chi connectivity index (χ2v) is 3.79. The van der Waals surface area contributed by atoms with E-state index in [-0.39, 0.29) is 0 Å². The summed E-state index contributed by atoms with van der Waals surface area (Å²) in [5.74, 6) is 0. The fourth-order valence-corrected chi connectivity index (χ4v) is 1.54. The van der Waals surface area contributed by atoms with Gasteiger partial charge in [0.15, 0.2) is 0 Å². The first-order chi connectivity index (χ1) is 8.69. The summed E-state index contributed by atoms with van der Waals surface area (Å²) in [4.78, 5) is 11.2. The fraction of sp³-hybridized carbons (Fsp3) is 0.231. The van der Waals surface area contributed by atoms with Gasteiger partial charge in [-0.25, -0.2) is 9.48 Å². The van der Waals surface area contributed by atoms with Crippen molar-refractivity contribution < 1.29 is 9.53 Å². The van der Waals surface area contributed by atoms with Gasteiger partial charge in [0.1, 0.15) is 0 Å². The second-order valence-electron chi connectivity index (χ2n) is 3.79. The smallest absolute Gasteiger partial charge is 0.411 e. The quantitative estimate of drug-likeness (QED) is 0.904. The molecule has 0 spiro atoms. The number of rotatable bonds is 3. The van der Waals surface area contributed by atoms with Crippen molar-refractivity contribution in [3.8, 4) is 5.69 Å². The molecule has 1 aromatic heterocycles. The highest BCUT2D eigenvalue weighted by atomic mass is 16.5. The number of anilines is 1. The highest BCUT2D eigenvalue weighted by Gasteiger charge is 2.02. The molecule has 5 nitrogen and oxygen atoms in total. The maximum Gasteiger partial charge on any atom is 0.411 e. The van der Waals surface area contributed by atoms with Crippen LogP contribution in [0.2, 0.25) is 0 Å². The van der Waals surface area contributed by atoms with Gasteiger partial charge in [-0.1, -0.05) is 0 Å². The lowest BCUT2D eigenvalue weighted by Crippen LogP contribution is -2.13. The summed E-state index contributed by atoms with van der Waals surface area (Å²) in [6, 6.07) is 9.32. The van der Waals surface area contributed by atoms with Gasteiger partial charge in [0.25, 0.3) is 0 Å². The molecule has 0 saturated carbocycles. The summed E-state index contributed by atoms with van der Waals surface area (Å²) in [5, 5.41) is 6.94. The summed E-state index contributed by atoms with van der Waals surface area (Å²) >= 11 is 0. The zero-order valence-electron chi connectivity index (χ0n) is 10.4. The maximum absolute atomic E-state index is 11.2. The predicted octanol–water partition coefficient (Wildman–Crippen LogP) is 2.75. The van der Waals surface area contributed by atoms with Crippen molar-refractivity contribution in [2.45, 2.75) is 13.8 Å². The Kier molecular flexibility index (Phi) is 3.62. The highest BCUT2D eigenvalue weighted by Crippen LogP contribution is 2.13. The molecule has 94 valence electrons. The van der Waals surface area contributed by atoms with Crippen molar-refractivity contribution in [1.82, 2.24) is 9.78 Å². The Balaban J connectivity index is 2.08. The van der Waals surface area contributed by atoms with E-state index in [0.717, 1.165) is 11.4 Å². The Hall–Kier alpha value is -2.30. The zero-order valence-corrected chi connectivity index (χ0v) is 10.4. The third kappa shape index (κ3) is 2.88. The number of benzene rings is 1. The SMILES string of the molecule is CCOC(=O)Nc1ccc(-n2ccc(C)n2)cc1. The van der Waals surface area contributed by atoms with Crippen LogP contribution in [-0.2, 0) is 4.74 Å². The van der Waals surface area contributed by atoms with Crippen LogP contribution in [-0.4, -0.2) is 22.5 Å². The van der Waals surface area contributed by atoms with E-state index in [1.807, 2.05) is 43.5 Å². The monoisotopic (exact) mass is 245 g/mol. The number of nitrogens with zero attached hydrogens (tertiary/aromatic N) is 2. The van der Waals surface area contributed by atoms with Crippen LogP contribution in [0.15, 0.2) is 36.5 Å². The Bertz CT molecular complexity index is 531. The van der Waals surface area contributed by atoms with Gasteiger partial charge in [-0.05, 0) is 44.2 Å². The maximum atomic E-state index is 11.2. The van der Waals surface area contributed by atoms with Gasteiger partial charge in [0, 0.05) is 11.9 Å². The van der Waals surface area contributed by atoms with Gasteiger partial charge in [-0.15, -0.1) is 0 Å². The van der Waals surface area contributed by atoms with Crippen LogP contribution < -0.4 is 5.32 Å². The molecule has 0 aliphatic heterocycles. The van der Waals surface area contributed by atoms with E-state index >= 15 is 0 Å². The van der Waals surface area contributed by atoms with E-state index in [4.69, 9.17) is 4.74 Å². The first-order valence-electron chi connectivity index (χ1n) is 5.75. The van der Waals surface area contributed by atoms with Crippen LogP contribution in [0.1, 0.15) is 12.6 Å². The molecule has 0 unspecified atom stereocenters. The number of nitrogens with one attached hydrogen (secondary N) is 1. The number of carbonyl (C=O) groups excluding carboxylic acids is 1. The molecular formula is C13H15N3O2. The lowest BCUT2D eigenvalue weighted by Gasteiger charge is -2.06. The van der Waals surface area contributed by atoms with E-state index in [0.29, 0.717) is 12.3 Å². The third-order valence-corrected chi connectivity index (χ3v) is 2.38. The van der Waals surface area contributed by atoms with Crippen LogP contribution in [0, 0.1) is 6.92 Å². The number of hydrogen-bond acceptors (Lipinski definition) is 3. The third-order valence-electron chi connectivity index (χ3n) is 2.38. The molecule has 2 rings (SSSR count). The molecule has 5 heteroatoms. The first kappa shape index (κ1) is 12.2. The Morgan fingerprint density at radius 1 is 1.33 bits per heavy atom. The average molecular weight is 245 g/mol. The summed E-state index contributed by atoms with van der Waals surface area (Å²) in [5.41, 5.74) is 2.60. The molecule has 0 aliphatic carbocycles. The summed E-state index contributed by atoms with van der Waals surface area (Å²) in [6.07, 6.45) is 1.45. The van der Waals surface area contributed by atoms with Crippen molar-refractivity contribution >= 4 is 11.8 Å². The van der Waals surface area contributed by atoms with Gasteiger partial charge < -0.3 is 4.74 Å². The van der Waals surface area contributed by atoms with E-state index in [1.54, 1.807) is 11.6 Å². The number of aryl methyl sites for hydroxylation is 1. The van der Waals surface area contributed by atoms with Crippen LogP contribution in [0.4, 0.5) is 10.5 Å². The van der Waals surface area contributed by atoms with Crippen molar-refractivity contribution in [3.05, 3.63) is 42.2 Å². The van der Waals surface area contributed by atoms with Gasteiger partial charge >= 0.3 is 6.09 Å². The minimum atomic E-state index is -0.444. The summed E-state index contributed by atoms with van der Waals surface area (Å²) in [7, 11) is 0. The van der Waals surface area contributed by atoms with Gasteiger partial charge in [0.2, 0.25) is 0 Å². The van der Waals surface area contributed by atoms with E-state index < -0.39 is 6.09 Å². The minimum absolute atomic E-state index is 0.358. The largest absolute Gasteiger partial charge is 0.450 e. The minimum Gasteiger partial charge on any atom is -0.450 e. The molecule has 1 heterocycles. The van der Waals surface area contributed by atoms with Crippen molar-refractivity contribution in [1.29, 1.82) is 0 Å². The van der Waals surface area contributed by atoms with Crippen molar-refractivity contribution in [2.24, 2.45) is 0 Å². The van der Waals surface area contributed by atoms with Gasteiger partial charge in [0.05, 0.1) is 18.0 Å². The normalized spacial score (nSPS) is 10.1. The molecule has 0 radical (unpaired) electrons. The Morgan fingerprint density at radius 3 is 2.61 bits per heavy atom. The zero-order chi connectivity index (χ0) is 13.0. The molecule has 1 amide bonds. The number of amides is 1. The van der Waals surface area contributed by atoms with Crippen molar-refractivity contribution in [3.63, 3.8) is 0 Å². The molecule has 0 saturated heterocycles. The van der Waals surface area contributed by atoms with Gasteiger partial charge in [-0.2, -0.15) is 5.10 Å². The first-order valence-corrected chi connectivity index (χ1v) is 5.75. The highest BCUT2D eigenvalue weighted by molar-refractivity contribution is 5.84. The number of hydrogen-bond donors (Lipinski definition) is 1. The fourth-order valence-electron chi connectivity index (χ4n) is 1.54. The summed E-state index contributed by atoms with van der Waals surface area (Å²) < 4.78 is 6.58.